The number of nitrogen functional groups attached to an aromatic ring is 1. The lowest BCUT2D eigenvalue weighted by Crippen LogP contribution is -2.39. The first-order valence-corrected chi connectivity index (χ1v) is 8.44. The Labute approximate surface area is 149 Å². The highest BCUT2D eigenvalue weighted by atomic mass is 35.5. The maximum absolute atomic E-state index is 12.8. The average Bonchev–Trinajstić information content (AvgIpc) is 2.55. The third-order valence-corrected chi connectivity index (χ3v) is 4.67. The van der Waals surface area contributed by atoms with Crippen LogP contribution in [0.1, 0.15) is 18.4 Å². The Morgan fingerprint density at radius 1 is 1.08 bits per heavy atom. The molecule has 2 aromatic carbocycles. The van der Waals surface area contributed by atoms with Crippen molar-refractivity contribution < 1.29 is 13.2 Å². The van der Waals surface area contributed by atoms with Crippen LogP contribution in [0.4, 0.5) is 30.2 Å². The second-order valence-electron chi connectivity index (χ2n) is 6.20. The number of hydrogen-bond acceptors (Lipinski definition) is 3. The quantitative estimate of drug-likeness (QED) is 0.746. The summed E-state index contributed by atoms with van der Waals surface area (Å²) in [7, 11) is 0. The normalized spacial score (nSPS) is 16.1. The minimum absolute atomic E-state index is 0.132. The van der Waals surface area contributed by atoms with Crippen LogP contribution in [0, 0.1) is 0 Å². The van der Waals surface area contributed by atoms with Crippen molar-refractivity contribution in [1.29, 1.82) is 0 Å². The van der Waals surface area contributed by atoms with E-state index in [1.54, 1.807) is 12.1 Å². The molecule has 134 valence electrons. The summed E-state index contributed by atoms with van der Waals surface area (Å²) in [6, 6.07) is 10.9. The number of alkyl halides is 3. The van der Waals surface area contributed by atoms with Crippen molar-refractivity contribution in [3.05, 3.63) is 53.1 Å². The standard InChI is InChI=1S/C18H19ClF3N3/c19-16-11-13(23)4-5-17(16)25-8-6-14(7-9-25)24-15-3-1-2-12(10-15)18(20,21)22/h1-5,10-11,14,24H,6-9,23H2. The summed E-state index contributed by atoms with van der Waals surface area (Å²) < 4.78 is 38.4. The molecule has 0 spiro atoms. The van der Waals surface area contributed by atoms with Crippen LogP contribution in [0.5, 0.6) is 0 Å². The summed E-state index contributed by atoms with van der Waals surface area (Å²) in [6.45, 7) is 1.56. The van der Waals surface area contributed by atoms with Crippen LogP contribution in [0.3, 0.4) is 0 Å². The van der Waals surface area contributed by atoms with Gasteiger partial charge in [-0.3, -0.25) is 0 Å². The summed E-state index contributed by atoms with van der Waals surface area (Å²) in [5.41, 5.74) is 7.14. The Kier molecular flexibility index (Phi) is 4.99. The van der Waals surface area contributed by atoms with E-state index in [-0.39, 0.29) is 6.04 Å². The lowest BCUT2D eigenvalue weighted by molar-refractivity contribution is -0.137. The molecule has 25 heavy (non-hydrogen) atoms. The van der Waals surface area contributed by atoms with E-state index >= 15 is 0 Å². The predicted octanol–water partition coefficient (Wildman–Crippen LogP) is 5.02. The van der Waals surface area contributed by atoms with Crippen LogP contribution in [0.25, 0.3) is 0 Å². The highest BCUT2D eigenvalue weighted by Gasteiger charge is 2.30. The Morgan fingerprint density at radius 2 is 1.80 bits per heavy atom. The van der Waals surface area contributed by atoms with Crippen molar-refractivity contribution in [1.82, 2.24) is 0 Å². The Balaban J connectivity index is 1.61. The second kappa shape index (κ2) is 7.04. The van der Waals surface area contributed by atoms with Gasteiger partial charge in [-0.15, -0.1) is 0 Å². The zero-order valence-corrected chi connectivity index (χ0v) is 14.2. The zero-order valence-electron chi connectivity index (χ0n) is 13.5. The van der Waals surface area contributed by atoms with Gasteiger partial charge in [0.1, 0.15) is 0 Å². The molecule has 1 fully saturated rings. The number of rotatable bonds is 3. The van der Waals surface area contributed by atoms with Gasteiger partial charge in [0.2, 0.25) is 0 Å². The molecule has 2 aromatic rings. The monoisotopic (exact) mass is 369 g/mol. The van der Waals surface area contributed by atoms with Crippen LogP contribution >= 0.6 is 11.6 Å². The van der Waals surface area contributed by atoms with E-state index in [4.69, 9.17) is 17.3 Å². The van der Waals surface area contributed by atoms with Gasteiger partial charge in [-0.05, 0) is 49.2 Å². The van der Waals surface area contributed by atoms with Crippen molar-refractivity contribution in [2.45, 2.75) is 25.1 Å². The van der Waals surface area contributed by atoms with E-state index in [0.717, 1.165) is 43.8 Å². The van der Waals surface area contributed by atoms with Crippen LogP contribution in [-0.4, -0.2) is 19.1 Å². The highest BCUT2D eigenvalue weighted by molar-refractivity contribution is 6.33. The van der Waals surface area contributed by atoms with Crippen molar-refractivity contribution in [2.24, 2.45) is 0 Å². The lowest BCUT2D eigenvalue weighted by Gasteiger charge is -2.35. The molecule has 3 nitrogen and oxygen atoms in total. The highest BCUT2D eigenvalue weighted by Crippen LogP contribution is 2.32. The number of benzene rings is 2. The van der Waals surface area contributed by atoms with Gasteiger partial charge in [0, 0.05) is 30.5 Å². The summed E-state index contributed by atoms with van der Waals surface area (Å²) >= 11 is 6.25. The van der Waals surface area contributed by atoms with E-state index in [9.17, 15) is 13.2 Å². The van der Waals surface area contributed by atoms with Gasteiger partial charge in [0.15, 0.2) is 0 Å². The van der Waals surface area contributed by atoms with Gasteiger partial charge < -0.3 is 16.0 Å². The van der Waals surface area contributed by atoms with Crippen LogP contribution < -0.4 is 16.0 Å². The maximum atomic E-state index is 12.8. The summed E-state index contributed by atoms with van der Waals surface area (Å²) in [4.78, 5) is 2.17. The maximum Gasteiger partial charge on any atom is 0.416 e. The third-order valence-electron chi connectivity index (χ3n) is 4.37. The second-order valence-corrected chi connectivity index (χ2v) is 6.60. The van der Waals surface area contributed by atoms with Crippen LogP contribution in [0.2, 0.25) is 5.02 Å². The molecule has 7 heteroatoms. The fraction of sp³-hybridized carbons (Fsp3) is 0.333. The fourth-order valence-corrected chi connectivity index (χ4v) is 3.37. The molecule has 0 radical (unpaired) electrons. The molecule has 0 aliphatic carbocycles. The Bertz CT molecular complexity index is 741. The molecule has 1 heterocycles. The van der Waals surface area contributed by atoms with E-state index < -0.39 is 11.7 Å². The Morgan fingerprint density at radius 3 is 2.44 bits per heavy atom. The van der Waals surface area contributed by atoms with Gasteiger partial charge in [-0.1, -0.05) is 17.7 Å². The van der Waals surface area contributed by atoms with Crippen molar-refractivity contribution in [3.63, 3.8) is 0 Å². The number of halogens is 4. The molecule has 0 saturated carbocycles. The molecule has 0 atom stereocenters. The number of nitrogens with zero attached hydrogens (tertiary/aromatic N) is 1. The number of nitrogens with two attached hydrogens (primary N) is 1. The molecule has 0 amide bonds. The van der Waals surface area contributed by atoms with Crippen molar-refractivity contribution in [2.75, 3.05) is 29.0 Å². The van der Waals surface area contributed by atoms with Crippen LogP contribution in [0.15, 0.2) is 42.5 Å². The number of anilines is 3. The van der Waals surface area contributed by atoms with E-state index in [1.165, 1.54) is 6.07 Å². The van der Waals surface area contributed by atoms with Crippen LogP contribution in [-0.2, 0) is 6.18 Å². The van der Waals surface area contributed by atoms with Gasteiger partial charge in [-0.2, -0.15) is 13.2 Å². The molecule has 0 unspecified atom stereocenters. The molecular formula is C18H19ClF3N3. The SMILES string of the molecule is Nc1ccc(N2CCC(Nc3cccc(C(F)(F)F)c3)CC2)c(Cl)c1. The number of nitrogens with one attached hydrogen (secondary N) is 1. The molecule has 0 bridgehead atoms. The summed E-state index contributed by atoms with van der Waals surface area (Å²) in [6.07, 6.45) is -2.69. The number of piperidine rings is 1. The van der Waals surface area contributed by atoms with E-state index in [1.807, 2.05) is 12.1 Å². The molecule has 1 aliphatic heterocycles. The van der Waals surface area contributed by atoms with Crippen molar-refractivity contribution >= 4 is 28.7 Å². The predicted molar refractivity (Wildman–Crippen MR) is 96.2 cm³/mol. The number of hydrogen-bond donors (Lipinski definition) is 2. The first-order valence-electron chi connectivity index (χ1n) is 8.07. The zero-order chi connectivity index (χ0) is 18.0. The first kappa shape index (κ1) is 17.7. The first-order chi connectivity index (χ1) is 11.8. The lowest BCUT2D eigenvalue weighted by atomic mass is 10.0. The van der Waals surface area contributed by atoms with Gasteiger partial charge >= 0.3 is 6.18 Å². The minimum atomic E-state index is -4.33. The van der Waals surface area contributed by atoms with E-state index in [0.29, 0.717) is 16.4 Å². The smallest absolute Gasteiger partial charge is 0.399 e. The van der Waals surface area contributed by atoms with Gasteiger partial charge in [0.05, 0.1) is 16.3 Å². The molecule has 0 aromatic heterocycles. The minimum Gasteiger partial charge on any atom is -0.399 e. The molecule has 3 rings (SSSR count). The van der Waals surface area contributed by atoms with Crippen molar-refractivity contribution in [3.8, 4) is 0 Å². The summed E-state index contributed by atoms with van der Waals surface area (Å²) in [5, 5.41) is 3.82. The largest absolute Gasteiger partial charge is 0.416 e. The molecular weight excluding hydrogens is 351 g/mol. The molecule has 1 aliphatic rings. The summed E-state index contributed by atoms with van der Waals surface area (Å²) in [5.74, 6) is 0. The van der Waals surface area contributed by atoms with E-state index in [2.05, 4.69) is 10.2 Å². The van der Waals surface area contributed by atoms with Gasteiger partial charge in [0.25, 0.3) is 0 Å². The molecule has 1 saturated heterocycles. The fourth-order valence-electron chi connectivity index (χ4n) is 3.07. The third kappa shape index (κ3) is 4.31. The average molecular weight is 370 g/mol. The Hall–Kier alpha value is -2.08. The molecule has 3 N–H and O–H groups in total. The topological polar surface area (TPSA) is 41.3 Å². The van der Waals surface area contributed by atoms with Gasteiger partial charge in [-0.25, -0.2) is 0 Å².